The highest BCUT2D eigenvalue weighted by molar-refractivity contribution is 6.07. The number of ether oxygens (including phenoxy) is 4. The van der Waals surface area contributed by atoms with E-state index in [4.69, 9.17) is 18.9 Å². The summed E-state index contributed by atoms with van der Waals surface area (Å²) in [7, 11) is 5.74. The van der Waals surface area contributed by atoms with Crippen molar-refractivity contribution in [1.82, 2.24) is 0 Å². The van der Waals surface area contributed by atoms with E-state index in [0.29, 0.717) is 28.4 Å². The first-order chi connectivity index (χ1) is 12.9. The highest BCUT2D eigenvalue weighted by Gasteiger charge is 2.17. The van der Waals surface area contributed by atoms with Gasteiger partial charge >= 0.3 is 5.69 Å². The molecule has 0 aromatic heterocycles. The number of nitrogens with zero attached hydrogens (tertiary/aromatic N) is 1. The number of methoxy groups -OCH3 is 4. The third kappa shape index (κ3) is 4.35. The summed E-state index contributed by atoms with van der Waals surface area (Å²) in [6, 6.07) is 7.49. The van der Waals surface area contributed by atoms with E-state index in [9.17, 15) is 14.9 Å². The second-order valence-corrected chi connectivity index (χ2v) is 5.30. The highest BCUT2D eigenvalue weighted by Crippen LogP contribution is 2.38. The second kappa shape index (κ2) is 8.70. The Balaban J connectivity index is 2.34. The number of hydrogen-bond donors (Lipinski definition) is 0. The second-order valence-electron chi connectivity index (χ2n) is 5.30. The van der Waals surface area contributed by atoms with E-state index in [1.807, 2.05) is 0 Å². The predicted octanol–water partition coefficient (Wildman–Crippen LogP) is 3.53. The summed E-state index contributed by atoms with van der Waals surface area (Å²) < 4.78 is 20.6. The van der Waals surface area contributed by atoms with Crippen LogP contribution in [0.15, 0.2) is 36.4 Å². The lowest BCUT2D eigenvalue weighted by Gasteiger charge is -2.13. The first-order valence-electron chi connectivity index (χ1n) is 7.80. The van der Waals surface area contributed by atoms with Crippen molar-refractivity contribution in [2.24, 2.45) is 0 Å². The molecule has 8 nitrogen and oxygen atoms in total. The molecule has 0 aliphatic heterocycles. The zero-order valence-corrected chi connectivity index (χ0v) is 15.3. The van der Waals surface area contributed by atoms with Crippen LogP contribution in [-0.4, -0.2) is 39.1 Å². The third-order valence-electron chi connectivity index (χ3n) is 3.78. The van der Waals surface area contributed by atoms with Crippen LogP contribution in [0.3, 0.4) is 0 Å². The number of allylic oxidation sites excluding steroid dienone is 1. The molecule has 0 unspecified atom stereocenters. The Morgan fingerprint density at radius 1 is 0.926 bits per heavy atom. The van der Waals surface area contributed by atoms with Crippen LogP contribution < -0.4 is 18.9 Å². The summed E-state index contributed by atoms with van der Waals surface area (Å²) in [4.78, 5) is 23.0. The Morgan fingerprint density at radius 3 is 2.00 bits per heavy atom. The van der Waals surface area contributed by atoms with Gasteiger partial charge in [0.15, 0.2) is 23.0 Å². The van der Waals surface area contributed by atoms with Crippen LogP contribution >= 0.6 is 0 Å². The third-order valence-corrected chi connectivity index (χ3v) is 3.78. The molecule has 0 fully saturated rings. The molecule has 8 heteroatoms. The molecule has 0 spiro atoms. The van der Waals surface area contributed by atoms with Gasteiger partial charge in [-0.05, 0) is 29.8 Å². The zero-order valence-electron chi connectivity index (χ0n) is 15.3. The average molecular weight is 373 g/mol. The summed E-state index contributed by atoms with van der Waals surface area (Å²) in [5, 5.41) is 11.1. The molecule has 142 valence electrons. The van der Waals surface area contributed by atoms with Gasteiger partial charge in [-0.1, -0.05) is 12.1 Å². The molecule has 0 aliphatic carbocycles. The number of nitro benzene ring substituents is 1. The van der Waals surface area contributed by atoms with Crippen LogP contribution in [0.4, 0.5) is 5.69 Å². The fourth-order valence-corrected chi connectivity index (χ4v) is 2.44. The summed E-state index contributed by atoms with van der Waals surface area (Å²) in [5.41, 5.74) is 0.631. The number of ketones is 1. The lowest BCUT2D eigenvalue weighted by atomic mass is 10.1. The van der Waals surface area contributed by atoms with E-state index in [-0.39, 0.29) is 17.2 Å². The summed E-state index contributed by atoms with van der Waals surface area (Å²) >= 11 is 0. The maximum Gasteiger partial charge on any atom is 0.311 e. The monoisotopic (exact) mass is 373 g/mol. The molecule has 2 aromatic rings. The van der Waals surface area contributed by atoms with E-state index in [1.165, 1.54) is 64.9 Å². The quantitative estimate of drug-likeness (QED) is 0.302. The summed E-state index contributed by atoms with van der Waals surface area (Å²) in [6.07, 6.45) is 2.80. The first kappa shape index (κ1) is 19.8. The van der Waals surface area contributed by atoms with Gasteiger partial charge in [0.1, 0.15) is 0 Å². The van der Waals surface area contributed by atoms with Gasteiger partial charge < -0.3 is 18.9 Å². The van der Waals surface area contributed by atoms with Crippen LogP contribution in [0.1, 0.15) is 15.9 Å². The molecule has 0 bridgehead atoms. The minimum absolute atomic E-state index is 0.146. The van der Waals surface area contributed by atoms with Crippen LogP contribution in [0.2, 0.25) is 0 Å². The largest absolute Gasteiger partial charge is 0.493 e. The SMILES string of the molecule is COc1ccc(/C=C/C(=O)c2cc(OC)c(OC)c(OC)c2)cc1[N+](=O)[O-]. The van der Waals surface area contributed by atoms with E-state index in [1.54, 1.807) is 6.07 Å². The highest BCUT2D eigenvalue weighted by atomic mass is 16.6. The molecule has 0 radical (unpaired) electrons. The first-order valence-corrected chi connectivity index (χ1v) is 7.80. The molecule has 0 heterocycles. The van der Waals surface area contributed by atoms with E-state index in [0.717, 1.165) is 0 Å². The molecule has 27 heavy (non-hydrogen) atoms. The Bertz CT molecular complexity index is 865. The van der Waals surface area contributed by atoms with Gasteiger partial charge in [-0.15, -0.1) is 0 Å². The summed E-state index contributed by atoms with van der Waals surface area (Å²) in [5.74, 6) is 0.912. The van der Waals surface area contributed by atoms with Crippen LogP contribution in [0, 0.1) is 10.1 Å². The Labute approximate surface area is 156 Å². The van der Waals surface area contributed by atoms with Crippen molar-refractivity contribution in [3.63, 3.8) is 0 Å². The van der Waals surface area contributed by atoms with E-state index < -0.39 is 4.92 Å². The van der Waals surface area contributed by atoms with Gasteiger partial charge in [0.25, 0.3) is 0 Å². The number of carbonyl (C=O) groups excluding carboxylic acids is 1. The standard InChI is InChI=1S/C19H19NO7/c1-24-16-8-6-12(9-14(16)20(22)23)5-7-15(21)13-10-17(25-2)19(27-4)18(11-13)26-3/h5-11H,1-4H3/b7-5+. The number of rotatable bonds is 8. The van der Waals surface area contributed by atoms with Crippen molar-refractivity contribution in [2.45, 2.75) is 0 Å². The number of benzene rings is 2. The van der Waals surface area contributed by atoms with Crippen molar-refractivity contribution in [1.29, 1.82) is 0 Å². The molecule has 0 saturated heterocycles. The molecule has 0 N–H and O–H groups in total. The fourth-order valence-electron chi connectivity index (χ4n) is 2.44. The molecule has 0 saturated carbocycles. The van der Waals surface area contributed by atoms with E-state index in [2.05, 4.69) is 0 Å². The maximum atomic E-state index is 12.5. The van der Waals surface area contributed by atoms with Crippen molar-refractivity contribution < 1.29 is 28.7 Å². The van der Waals surface area contributed by atoms with Gasteiger partial charge in [-0.25, -0.2) is 0 Å². The topological polar surface area (TPSA) is 97.1 Å². The Morgan fingerprint density at radius 2 is 1.52 bits per heavy atom. The lowest BCUT2D eigenvalue weighted by molar-refractivity contribution is -0.385. The van der Waals surface area contributed by atoms with E-state index >= 15 is 0 Å². The maximum absolute atomic E-state index is 12.5. The minimum atomic E-state index is -0.544. The zero-order chi connectivity index (χ0) is 20.0. The number of nitro groups is 1. The van der Waals surface area contributed by atoms with Gasteiger partial charge in [-0.3, -0.25) is 14.9 Å². The van der Waals surface area contributed by atoms with Crippen molar-refractivity contribution in [3.05, 3.63) is 57.6 Å². The molecular weight excluding hydrogens is 354 g/mol. The van der Waals surface area contributed by atoms with Gasteiger partial charge in [-0.2, -0.15) is 0 Å². The van der Waals surface area contributed by atoms with Gasteiger partial charge in [0.2, 0.25) is 5.75 Å². The Hall–Kier alpha value is -3.55. The van der Waals surface area contributed by atoms with Crippen molar-refractivity contribution in [2.75, 3.05) is 28.4 Å². The Kier molecular flexibility index (Phi) is 6.37. The lowest BCUT2D eigenvalue weighted by Crippen LogP contribution is -2.00. The van der Waals surface area contributed by atoms with Crippen LogP contribution in [0.25, 0.3) is 6.08 Å². The van der Waals surface area contributed by atoms with Gasteiger partial charge in [0, 0.05) is 11.6 Å². The normalized spacial score (nSPS) is 10.5. The minimum Gasteiger partial charge on any atom is -0.493 e. The number of hydrogen-bond acceptors (Lipinski definition) is 7. The van der Waals surface area contributed by atoms with Gasteiger partial charge in [0.05, 0.1) is 33.4 Å². The predicted molar refractivity (Wildman–Crippen MR) is 99.1 cm³/mol. The fraction of sp³-hybridized carbons (Fsp3) is 0.211. The molecule has 0 amide bonds. The molecule has 2 aromatic carbocycles. The summed E-state index contributed by atoms with van der Waals surface area (Å²) in [6.45, 7) is 0. The molecular formula is C19H19NO7. The van der Waals surface area contributed by atoms with Crippen LogP contribution in [-0.2, 0) is 0 Å². The molecule has 0 atom stereocenters. The van der Waals surface area contributed by atoms with Crippen molar-refractivity contribution >= 4 is 17.5 Å². The smallest absolute Gasteiger partial charge is 0.311 e. The molecule has 0 aliphatic rings. The van der Waals surface area contributed by atoms with Crippen LogP contribution in [0.5, 0.6) is 23.0 Å². The van der Waals surface area contributed by atoms with Crippen molar-refractivity contribution in [3.8, 4) is 23.0 Å². The average Bonchev–Trinajstić information content (AvgIpc) is 2.70. The molecule has 2 rings (SSSR count). The number of carbonyl (C=O) groups is 1.